The first-order valence-corrected chi connectivity index (χ1v) is 8.59. The lowest BCUT2D eigenvalue weighted by Gasteiger charge is -2.33. The number of non-ortho nitro benzene ring substituents is 1. The highest BCUT2D eigenvalue weighted by Gasteiger charge is 2.35. The van der Waals surface area contributed by atoms with Gasteiger partial charge in [0.2, 0.25) is 5.91 Å². The van der Waals surface area contributed by atoms with Crippen molar-refractivity contribution in [3.8, 4) is 5.75 Å². The number of benzene rings is 2. The summed E-state index contributed by atoms with van der Waals surface area (Å²) in [5, 5.41) is 14.1. The van der Waals surface area contributed by atoms with Crippen molar-refractivity contribution >= 4 is 40.5 Å². The zero-order chi connectivity index (χ0) is 19.6. The van der Waals surface area contributed by atoms with Crippen molar-refractivity contribution in [2.45, 2.75) is 19.4 Å². The number of hydrogen-bond donors (Lipinski definition) is 1. The van der Waals surface area contributed by atoms with Gasteiger partial charge in [-0.2, -0.15) is 0 Å². The Kier molecular flexibility index (Phi) is 5.27. The Labute approximate surface area is 159 Å². The molecule has 27 heavy (non-hydrogen) atoms. The van der Waals surface area contributed by atoms with E-state index in [4.69, 9.17) is 16.3 Å². The number of fused-ring (bicyclic) bond motifs is 1. The number of hydrogen-bond acceptors (Lipinski definition) is 5. The molecule has 9 heteroatoms. The number of nitrogens with zero attached hydrogens (tertiary/aromatic N) is 2. The Morgan fingerprint density at radius 3 is 2.74 bits per heavy atom. The molecule has 1 heterocycles. The number of anilines is 2. The molecule has 1 aliphatic rings. The summed E-state index contributed by atoms with van der Waals surface area (Å²) < 4.78 is 5.61. The van der Waals surface area contributed by atoms with Crippen LogP contribution in [-0.4, -0.2) is 29.4 Å². The minimum atomic E-state index is -0.757. The Bertz CT molecular complexity index is 918. The number of para-hydroxylation sites is 1. The van der Waals surface area contributed by atoms with Crippen molar-refractivity contribution in [3.05, 3.63) is 57.6 Å². The number of carbonyl (C=O) groups is 2. The minimum absolute atomic E-state index is 0.188. The van der Waals surface area contributed by atoms with Crippen molar-refractivity contribution < 1.29 is 19.2 Å². The third kappa shape index (κ3) is 3.85. The van der Waals surface area contributed by atoms with Crippen LogP contribution in [0.4, 0.5) is 17.1 Å². The predicted octanol–water partition coefficient (Wildman–Crippen LogP) is 3.39. The van der Waals surface area contributed by atoms with Crippen molar-refractivity contribution in [2.24, 2.45) is 0 Å². The third-order valence-electron chi connectivity index (χ3n) is 4.08. The Morgan fingerprint density at radius 1 is 1.33 bits per heavy atom. The van der Waals surface area contributed by atoms with E-state index in [-0.39, 0.29) is 17.9 Å². The molecule has 1 N–H and O–H groups in total. The average molecular weight is 390 g/mol. The SMILES string of the molecule is CCC1Oc2ccc([N+](=O)[O-])cc2N(CC(=O)Nc2ccccc2Cl)C1=O. The van der Waals surface area contributed by atoms with Gasteiger partial charge in [-0.05, 0) is 24.6 Å². The number of amides is 2. The second-order valence-electron chi connectivity index (χ2n) is 5.88. The van der Waals surface area contributed by atoms with Gasteiger partial charge in [-0.15, -0.1) is 0 Å². The number of halogens is 1. The predicted molar refractivity (Wildman–Crippen MR) is 100 cm³/mol. The van der Waals surface area contributed by atoms with Gasteiger partial charge in [0, 0.05) is 12.1 Å². The number of nitro groups is 1. The topological polar surface area (TPSA) is 102 Å². The first kappa shape index (κ1) is 18.7. The fourth-order valence-electron chi connectivity index (χ4n) is 2.74. The molecule has 8 nitrogen and oxygen atoms in total. The van der Waals surface area contributed by atoms with Gasteiger partial charge in [-0.3, -0.25) is 24.6 Å². The fourth-order valence-corrected chi connectivity index (χ4v) is 2.93. The zero-order valence-electron chi connectivity index (χ0n) is 14.3. The van der Waals surface area contributed by atoms with Crippen LogP contribution in [-0.2, 0) is 9.59 Å². The molecular formula is C18H16ClN3O5. The maximum atomic E-state index is 12.7. The minimum Gasteiger partial charge on any atom is -0.478 e. The van der Waals surface area contributed by atoms with E-state index in [9.17, 15) is 19.7 Å². The maximum Gasteiger partial charge on any atom is 0.271 e. The van der Waals surface area contributed by atoms with Crippen molar-refractivity contribution in [2.75, 3.05) is 16.8 Å². The van der Waals surface area contributed by atoms with Gasteiger partial charge in [0.05, 0.1) is 21.3 Å². The number of rotatable bonds is 5. The van der Waals surface area contributed by atoms with E-state index in [1.807, 2.05) is 0 Å². The molecule has 1 unspecified atom stereocenters. The second kappa shape index (κ2) is 7.63. The van der Waals surface area contributed by atoms with Crippen LogP contribution in [0.3, 0.4) is 0 Å². The fraction of sp³-hybridized carbons (Fsp3) is 0.222. The summed E-state index contributed by atoms with van der Waals surface area (Å²) >= 11 is 6.03. The summed E-state index contributed by atoms with van der Waals surface area (Å²) in [5.41, 5.74) is 0.404. The number of nitrogens with one attached hydrogen (secondary N) is 1. The van der Waals surface area contributed by atoms with E-state index in [1.54, 1.807) is 31.2 Å². The molecule has 140 valence electrons. The van der Waals surface area contributed by atoms with E-state index in [1.165, 1.54) is 23.1 Å². The van der Waals surface area contributed by atoms with Gasteiger partial charge in [-0.25, -0.2) is 0 Å². The quantitative estimate of drug-likeness (QED) is 0.623. The highest BCUT2D eigenvalue weighted by atomic mass is 35.5. The molecule has 2 aromatic rings. The lowest BCUT2D eigenvalue weighted by molar-refractivity contribution is -0.384. The molecule has 2 amide bonds. The summed E-state index contributed by atoms with van der Waals surface area (Å²) in [6, 6.07) is 10.7. The largest absolute Gasteiger partial charge is 0.478 e. The molecule has 1 atom stereocenters. The van der Waals surface area contributed by atoms with E-state index in [0.717, 1.165) is 0 Å². The standard InChI is InChI=1S/C18H16ClN3O5/c1-2-15-18(24)21(10-17(23)20-13-6-4-3-5-12(13)19)14-9-11(22(25)26)7-8-16(14)27-15/h3-9,15H,2,10H2,1H3,(H,20,23). The zero-order valence-corrected chi connectivity index (χ0v) is 15.1. The first-order chi connectivity index (χ1) is 12.9. The average Bonchev–Trinajstić information content (AvgIpc) is 2.65. The summed E-state index contributed by atoms with van der Waals surface area (Å²) in [4.78, 5) is 36.8. The van der Waals surface area contributed by atoms with Gasteiger partial charge in [0.25, 0.3) is 11.6 Å². The summed E-state index contributed by atoms with van der Waals surface area (Å²) in [7, 11) is 0. The van der Waals surface area contributed by atoms with Gasteiger partial charge < -0.3 is 10.1 Å². The van der Waals surface area contributed by atoms with Crippen LogP contribution < -0.4 is 15.0 Å². The summed E-state index contributed by atoms with van der Waals surface area (Å²) in [6.07, 6.45) is -0.357. The monoisotopic (exact) mass is 389 g/mol. The second-order valence-corrected chi connectivity index (χ2v) is 6.28. The molecule has 0 spiro atoms. The van der Waals surface area contributed by atoms with E-state index in [2.05, 4.69) is 5.32 Å². The smallest absolute Gasteiger partial charge is 0.271 e. The van der Waals surface area contributed by atoms with Crippen LogP contribution in [0.25, 0.3) is 0 Å². The highest BCUT2D eigenvalue weighted by molar-refractivity contribution is 6.33. The molecule has 0 aliphatic carbocycles. The van der Waals surface area contributed by atoms with Gasteiger partial charge in [0.1, 0.15) is 12.3 Å². The third-order valence-corrected chi connectivity index (χ3v) is 4.40. The van der Waals surface area contributed by atoms with Crippen LogP contribution in [0.2, 0.25) is 5.02 Å². The van der Waals surface area contributed by atoms with Crippen molar-refractivity contribution in [1.29, 1.82) is 0 Å². The lowest BCUT2D eigenvalue weighted by atomic mass is 10.1. The van der Waals surface area contributed by atoms with Crippen molar-refractivity contribution in [3.63, 3.8) is 0 Å². The maximum absolute atomic E-state index is 12.7. The molecule has 0 radical (unpaired) electrons. The number of nitro benzene ring substituents is 1. The van der Waals surface area contributed by atoms with Crippen LogP contribution in [0, 0.1) is 10.1 Å². The Hall–Kier alpha value is -3.13. The molecule has 0 saturated carbocycles. The molecule has 3 rings (SSSR count). The number of ether oxygens (including phenoxy) is 1. The molecule has 0 aromatic heterocycles. The van der Waals surface area contributed by atoms with E-state index in [0.29, 0.717) is 22.9 Å². The van der Waals surface area contributed by atoms with Crippen LogP contribution in [0.5, 0.6) is 5.75 Å². The van der Waals surface area contributed by atoms with E-state index >= 15 is 0 Å². The highest BCUT2D eigenvalue weighted by Crippen LogP contribution is 2.37. The van der Waals surface area contributed by atoms with Gasteiger partial charge in [0.15, 0.2) is 6.10 Å². The summed E-state index contributed by atoms with van der Waals surface area (Å²) in [5.74, 6) is -0.594. The molecule has 1 aliphatic heterocycles. The first-order valence-electron chi connectivity index (χ1n) is 8.21. The summed E-state index contributed by atoms with van der Waals surface area (Å²) in [6.45, 7) is 1.46. The van der Waals surface area contributed by atoms with Crippen LogP contribution in [0.15, 0.2) is 42.5 Å². The molecule has 2 aromatic carbocycles. The Morgan fingerprint density at radius 2 is 2.07 bits per heavy atom. The molecular weight excluding hydrogens is 374 g/mol. The lowest BCUT2D eigenvalue weighted by Crippen LogP contribution is -2.48. The molecule has 0 bridgehead atoms. The Balaban J connectivity index is 1.89. The van der Waals surface area contributed by atoms with Crippen molar-refractivity contribution in [1.82, 2.24) is 0 Å². The van der Waals surface area contributed by atoms with Crippen LogP contribution in [0.1, 0.15) is 13.3 Å². The van der Waals surface area contributed by atoms with E-state index < -0.39 is 22.8 Å². The molecule has 0 saturated heterocycles. The normalized spacial score (nSPS) is 15.7. The van der Waals surface area contributed by atoms with Gasteiger partial charge in [-0.1, -0.05) is 30.7 Å². The van der Waals surface area contributed by atoms with Crippen LogP contribution >= 0.6 is 11.6 Å². The molecule has 0 fully saturated rings. The number of carbonyl (C=O) groups excluding carboxylic acids is 2. The van der Waals surface area contributed by atoms with Gasteiger partial charge >= 0.3 is 0 Å².